The van der Waals surface area contributed by atoms with E-state index in [4.69, 9.17) is 10.9 Å². The van der Waals surface area contributed by atoms with Crippen LogP contribution in [0.25, 0.3) is 0 Å². The van der Waals surface area contributed by atoms with Gasteiger partial charge in [0.15, 0.2) is 0 Å². The lowest BCUT2D eigenvalue weighted by atomic mass is 10.1. The zero-order chi connectivity index (χ0) is 15.7. The van der Waals surface area contributed by atoms with Crippen molar-refractivity contribution >= 4 is 0 Å². The summed E-state index contributed by atoms with van der Waals surface area (Å²) in [6.07, 6.45) is 6.29. The Labute approximate surface area is 129 Å². The highest BCUT2D eigenvalue weighted by Gasteiger charge is 2.13. The normalized spacial score (nSPS) is 13.3. The first-order valence-electron chi connectivity index (χ1n) is 8.40. The fourth-order valence-corrected chi connectivity index (χ4v) is 2.73. The Bertz CT molecular complexity index is 368. The molecule has 0 spiro atoms. The molecule has 1 aromatic heterocycles. The first kappa shape index (κ1) is 18.1. The van der Waals surface area contributed by atoms with Gasteiger partial charge < -0.3 is 4.90 Å². The van der Waals surface area contributed by atoms with E-state index >= 15 is 0 Å². The molecule has 0 aromatic carbocycles. The molecular formula is C16H33N5. The summed E-state index contributed by atoms with van der Waals surface area (Å²) in [5.41, 5.74) is 4.07. The van der Waals surface area contributed by atoms with Crippen LogP contribution in [0.3, 0.4) is 0 Å². The second-order valence-corrected chi connectivity index (χ2v) is 5.64. The Kier molecular flexibility index (Phi) is 8.57. The molecule has 0 aliphatic rings. The van der Waals surface area contributed by atoms with Gasteiger partial charge in [-0.25, -0.2) is 0 Å². The minimum absolute atomic E-state index is 0.288. The molecule has 0 saturated carbocycles. The molecule has 122 valence electrons. The second kappa shape index (κ2) is 9.92. The Morgan fingerprint density at radius 1 is 1.24 bits per heavy atom. The number of nitrogens with zero attached hydrogens (tertiary/aromatic N) is 3. The van der Waals surface area contributed by atoms with Crippen molar-refractivity contribution in [3.05, 3.63) is 18.0 Å². The molecule has 5 heteroatoms. The molecule has 1 rings (SSSR count). The lowest BCUT2D eigenvalue weighted by Gasteiger charge is -2.21. The average molecular weight is 295 g/mol. The summed E-state index contributed by atoms with van der Waals surface area (Å²) in [5.74, 6) is 5.71. The summed E-state index contributed by atoms with van der Waals surface area (Å²) < 4.78 is 2.10. The average Bonchev–Trinajstić information content (AvgIpc) is 2.96. The Morgan fingerprint density at radius 2 is 1.90 bits per heavy atom. The number of hydrogen-bond donors (Lipinski definition) is 2. The van der Waals surface area contributed by atoms with Crippen molar-refractivity contribution in [3.8, 4) is 0 Å². The molecule has 0 fully saturated rings. The SMILES string of the molecule is CCC(CC)n1ccc(CC(CCN(CC)CC)NN)n1. The van der Waals surface area contributed by atoms with E-state index in [9.17, 15) is 0 Å². The van der Waals surface area contributed by atoms with Crippen LogP contribution in [0.1, 0.15) is 58.7 Å². The van der Waals surface area contributed by atoms with E-state index in [-0.39, 0.29) is 6.04 Å². The number of nitrogens with two attached hydrogens (primary N) is 1. The van der Waals surface area contributed by atoms with E-state index in [0.29, 0.717) is 6.04 Å². The number of nitrogens with one attached hydrogen (secondary N) is 1. The summed E-state index contributed by atoms with van der Waals surface area (Å²) in [6.45, 7) is 12.1. The van der Waals surface area contributed by atoms with E-state index in [2.05, 4.69) is 55.0 Å². The van der Waals surface area contributed by atoms with Gasteiger partial charge in [0.1, 0.15) is 0 Å². The standard InChI is InChI=1S/C16H33N5/c1-5-16(6-2)21-12-10-15(19-21)13-14(18-17)9-11-20(7-3)8-4/h10,12,14,16,18H,5-9,11,13,17H2,1-4H3. The monoisotopic (exact) mass is 295 g/mol. The number of hydrazine groups is 1. The quantitative estimate of drug-likeness (QED) is 0.486. The molecule has 1 atom stereocenters. The van der Waals surface area contributed by atoms with Gasteiger partial charge in [0.2, 0.25) is 0 Å². The number of rotatable bonds is 11. The van der Waals surface area contributed by atoms with Crippen molar-refractivity contribution in [1.29, 1.82) is 0 Å². The molecule has 1 heterocycles. The van der Waals surface area contributed by atoms with Crippen LogP contribution in [-0.4, -0.2) is 40.4 Å². The molecule has 5 nitrogen and oxygen atoms in total. The van der Waals surface area contributed by atoms with E-state index in [1.54, 1.807) is 0 Å². The summed E-state index contributed by atoms with van der Waals surface area (Å²) in [7, 11) is 0. The third-order valence-electron chi connectivity index (χ3n) is 4.36. The Morgan fingerprint density at radius 3 is 2.43 bits per heavy atom. The zero-order valence-corrected chi connectivity index (χ0v) is 14.2. The fourth-order valence-electron chi connectivity index (χ4n) is 2.73. The molecule has 1 aromatic rings. The molecule has 0 aliphatic carbocycles. The van der Waals surface area contributed by atoms with Gasteiger partial charge in [0, 0.05) is 18.7 Å². The molecule has 3 N–H and O–H groups in total. The minimum Gasteiger partial charge on any atom is -0.304 e. The zero-order valence-electron chi connectivity index (χ0n) is 14.2. The van der Waals surface area contributed by atoms with Crippen molar-refractivity contribution in [2.24, 2.45) is 5.84 Å². The van der Waals surface area contributed by atoms with E-state index in [1.807, 2.05) is 0 Å². The predicted octanol–water partition coefficient (Wildman–Crippen LogP) is 2.35. The van der Waals surface area contributed by atoms with Crippen LogP contribution in [0.2, 0.25) is 0 Å². The van der Waals surface area contributed by atoms with Crippen molar-refractivity contribution in [2.75, 3.05) is 19.6 Å². The molecule has 0 amide bonds. The smallest absolute Gasteiger partial charge is 0.0640 e. The van der Waals surface area contributed by atoms with Gasteiger partial charge in [0.05, 0.1) is 11.7 Å². The fraction of sp³-hybridized carbons (Fsp3) is 0.812. The van der Waals surface area contributed by atoms with E-state index < -0.39 is 0 Å². The molecule has 0 bridgehead atoms. The maximum Gasteiger partial charge on any atom is 0.0640 e. The van der Waals surface area contributed by atoms with Crippen LogP contribution in [0, 0.1) is 0 Å². The van der Waals surface area contributed by atoms with Crippen molar-refractivity contribution < 1.29 is 0 Å². The summed E-state index contributed by atoms with van der Waals surface area (Å²) in [4.78, 5) is 2.42. The highest BCUT2D eigenvalue weighted by atomic mass is 15.3. The van der Waals surface area contributed by atoms with Gasteiger partial charge in [-0.1, -0.05) is 27.7 Å². The van der Waals surface area contributed by atoms with Gasteiger partial charge >= 0.3 is 0 Å². The molecule has 21 heavy (non-hydrogen) atoms. The minimum atomic E-state index is 0.288. The van der Waals surface area contributed by atoms with E-state index in [1.165, 1.54) is 0 Å². The van der Waals surface area contributed by atoms with Crippen LogP contribution >= 0.6 is 0 Å². The predicted molar refractivity (Wildman–Crippen MR) is 89.1 cm³/mol. The highest BCUT2D eigenvalue weighted by molar-refractivity contribution is 5.02. The van der Waals surface area contributed by atoms with Crippen LogP contribution in [0.4, 0.5) is 0 Å². The number of aromatic nitrogens is 2. The van der Waals surface area contributed by atoms with Gasteiger partial charge in [0.25, 0.3) is 0 Å². The first-order chi connectivity index (χ1) is 10.2. The lowest BCUT2D eigenvalue weighted by Crippen LogP contribution is -2.40. The third-order valence-corrected chi connectivity index (χ3v) is 4.36. The van der Waals surface area contributed by atoms with Crippen molar-refractivity contribution in [3.63, 3.8) is 0 Å². The van der Waals surface area contributed by atoms with Gasteiger partial charge in [-0.2, -0.15) is 5.10 Å². The van der Waals surface area contributed by atoms with Gasteiger partial charge in [-0.05, 0) is 45.0 Å². The highest BCUT2D eigenvalue weighted by Crippen LogP contribution is 2.15. The maximum absolute atomic E-state index is 5.71. The molecular weight excluding hydrogens is 262 g/mol. The third kappa shape index (κ3) is 5.77. The summed E-state index contributed by atoms with van der Waals surface area (Å²) in [6, 6.07) is 2.93. The largest absolute Gasteiger partial charge is 0.304 e. The van der Waals surface area contributed by atoms with E-state index in [0.717, 1.165) is 51.0 Å². The lowest BCUT2D eigenvalue weighted by molar-refractivity contribution is 0.280. The number of hydrogen-bond acceptors (Lipinski definition) is 4. The van der Waals surface area contributed by atoms with Crippen LogP contribution < -0.4 is 11.3 Å². The summed E-state index contributed by atoms with van der Waals surface area (Å²) >= 11 is 0. The second-order valence-electron chi connectivity index (χ2n) is 5.64. The van der Waals surface area contributed by atoms with Gasteiger partial charge in [-0.15, -0.1) is 0 Å². The molecule has 0 radical (unpaired) electrons. The maximum atomic E-state index is 5.71. The molecule has 1 unspecified atom stereocenters. The molecule has 0 aliphatic heterocycles. The van der Waals surface area contributed by atoms with Crippen LogP contribution in [0.5, 0.6) is 0 Å². The topological polar surface area (TPSA) is 59.1 Å². The van der Waals surface area contributed by atoms with Crippen molar-refractivity contribution in [1.82, 2.24) is 20.1 Å². The summed E-state index contributed by atoms with van der Waals surface area (Å²) in [5, 5.41) is 4.71. The molecule has 0 saturated heterocycles. The van der Waals surface area contributed by atoms with Crippen LogP contribution in [-0.2, 0) is 6.42 Å². The van der Waals surface area contributed by atoms with Gasteiger partial charge in [-0.3, -0.25) is 16.0 Å². The Hall–Kier alpha value is -0.910. The van der Waals surface area contributed by atoms with Crippen molar-refractivity contribution in [2.45, 2.75) is 65.5 Å². The Balaban J connectivity index is 2.53. The van der Waals surface area contributed by atoms with Crippen LogP contribution in [0.15, 0.2) is 12.3 Å². The first-order valence-corrected chi connectivity index (χ1v) is 8.40.